The number of rotatable bonds is 2. The van der Waals surface area contributed by atoms with Crippen molar-refractivity contribution < 1.29 is 8.78 Å². The molecule has 1 aromatic heterocycles. The molecule has 0 aliphatic carbocycles. The maximum absolute atomic E-state index is 12.0. The van der Waals surface area contributed by atoms with Crippen molar-refractivity contribution >= 4 is 27.5 Å². The lowest BCUT2D eigenvalue weighted by Gasteiger charge is -2.02. The number of hydrogen-bond donors (Lipinski definition) is 0. The highest BCUT2D eigenvalue weighted by atomic mass is 79.9. The lowest BCUT2D eigenvalue weighted by molar-refractivity contribution is 0.146. The van der Waals surface area contributed by atoms with Crippen LogP contribution in [0.3, 0.4) is 0 Å². The molecule has 1 aromatic rings. The number of hydrogen-bond acceptors (Lipinski definition) is 1. The molecule has 0 unspecified atom stereocenters. The van der Waals surface area contributed by atoms with Gasteiger partial charge in [0.25, 0.3) is 6.43 Å². The van der Waals surface area contributed by atoms with Gasteiger partial charge in [0, 0.05) is 10.9 Å². The van der Waals surface area contributed by atoms with Crippen molar-refractivity contribution in [3.05, 3.63) is 28.5 Å². The normalized spacial score (nSPS) is 10.8. The summed E-state index contributed by atoms with van der Waals surface area (Å²) in [5.41, 5.74) is 0.422. The molecule has 0 aliphatic heterocycles. The van der Waals surface area contributed by atoms with Gasteiger partial charge in [-0.2, -0.15) is 0 Å². The molecule has 1 heterocycles. The molecular formula is C7H5BrClF2N. The van der Waals surface area contributed by atoms with Crippen LogP contribution in [0.15, 0.2) is 12.1 Å². The van der Waals surface area contributed by atoms with Crippen molar-refractivity contribution in [2.75, 3.05) is 0 Å². The Hall–Kier alpha value is -0.220. The van der Waals surface area contributed by atoms with E-state index in [2.05, 4.69) is 20.9 Å². The topological polar surface area (TPSA) is 12.9 Å². The van der Waals surface area contributed by atoms with Crippen molar-refractivity contribution in [2.24, 2.45) is 0 Å². The summed E-state index contributed by atoms with van der Waals surface area (Å²) in [7, 11) is 0. The first kappa shape index (κ1) is 9.86. The van der Waals surface area contributed by atoms with Crippen LogP contribution in [0.1, 0.15) is 17.7 Å². The molecule has 0 radical (unpaired) electrons. The van der Waals surface area contributed by atoms with Crippen LogP contribution in [0.4, 0.5) is 8.78 Å². The molecule has 66 valence electrons. The summed E-state index contributed by atoms with van der Waals surface area (Å²) >= 11 is 8.76. The first-order valence-corrected chi connectivity index (χ1v) is 4.64. The van der Waals surface area contributed by atoms with Gasteiger partial charge in [-0.1, -0.05) is 33.6 Å². The zero-order valence-corrected chi connectivity index (χ0v) is 8.24. The van der Waals surface area contributed by atoms with Gasteiger partial charge in [0.05, 0.1) is 0 Å². The predicted molar refractivity (Wildman–Crippen MR) is 46.8 cm³/mol. The van der Waals surface area contributed by atoms with Crippen LogP contribution in [0.2, 0.25) is 5.15 Å². The van der Waals surface area contributed by atoms with Crippen LogP contribution in [0.5, 0.6) is 0 Å². The summed E-state index contributed by atoms with van der Waals surface area (Å²) in [4.78, 5) is 3.53. The van der Waals surface area contributed by atoms with Crippen molar-refractivity contribution in [2.45, 2.75) is 11.8 Å². The second-order valence-electron chi connectivity index (χ2n) is 2.12. The van der Waals surface area contributed by atoms with Gasteiger partial charge in [0.1, 0.15) is 10.8 Å². The molecule has 0 bridgehead atoms. The minimum atomic E-state index is -2.56. The summed E-state index contributed by atoms with van der Waals surface area (Å²) in [6.07, 6.45) is -2.56. The van der Waals surface area contributed by atoms with Crippen LogP contribution in [0.25, 0.3) is 0 Å². The van der Waals surface area contributed by atoms with Crippen molar-refractivity contribution in [1.82, 2.24) is 4.98 Å². The fourth-order valence-corrected chi connectivity index (χ4v) is 1.54. The monoisotopic (exact) mass is 255 g/mol. The SMILES string of the molecule is FC(F)c1ccc(CBr)c(Cl)n1. The molecule has 0 saturated carbocycles. The van der Waals surface area contributed by atoms with E-state index in [1.54, 1.807) is 0 Å². The third-order valence-electron chi connectivity index (χ3n) is 1.32. The van der Waals surface area contributed by atoms with Crippen molar-refractivity contribution in [1.29, 1.82) is 0 Å². The van der Waals surface area contributed by atoms with Crippen LogP contribution in [-0.2, 0) is 5.33 Å². The van der Waals surface area contributed by atoms with Gasteiger partial charge in [-0.15, -0.1) is 0 Å². The van der Waals surface area contributed by atoms with E-state index in [4.69, 9.17) is 11.6 Å². The minimum absolute atomic E-state index is 0.129. The van der Waals surface area contributed by atoms with E-state index in [1.807, 2.05) is 0 Å². The van der Waals surface area contributed by atoms with E-state index in [1.165, 1.54) is 12.1 Å². The fraction of sp³-hybridized carbons (Fsp3) is 0.286. The summed E-state index contributed by atoms with van der Waals surface area (Å²) < 4.78 is 24.1. The molecule has 5 heteroatoms. The third kappa shape index (κ3) is 2.14. The standard InChI is InChI=1S/C7H5BrClF2N/c8-3-4-1-2-5(7(10)11)12-6(4)9/h1-2,7H,3H2. The lowest BCUT2D eigenvalue weighted by Crippen LogP contribution is -1.92. The van der Waals surface area contributed by atoms with Crippen molar-refractivity contribution in [3.8, 4) is 0 Å². The summed E-state index contributed by atoms with van der Waals surface area (Å²) in [6, 6.07) is 2.80. The Labute approximate surface area is 81.9 Å². The Bertz CT molecular complexity index is 280. The van der Waals surface area contributed by atoms with Gasteiger partial charge in [-0.25, -0.2) is 13.8 Å². The van der Waals surface area contributed by atoms with Gasteiger partial charge >= 0.3 is 0 Å². The van der Waals surface area contributed by atoms with Gasteiger partial charge in [0.2, 0.25) is 0 Å². The number of alkyl halides is 3. The maximum Gasteiger partial charge on any atom is 0.280 e. The smallest absolute Gasteiger partial charge is 0.235 e. The zero-order valence-electron chi connectivity index (χ0n) is 5.90. The van der Waals surface area contributed by atoms with Crippen molar-refractivity contribution in [3.63, 3.8) is 0 Å². The number of halogens is 4. The molecule has 0 aliphatic rings. The van der Waals surface area contributed by atoms with E-state index in [9.17, 15) is 8.78 Å². The van der Waals surface area contributed by atoms with Crippen LogP contribution < -0.4 is 0 Å². The van der Waals surface area contributed by atoms with E-state index >= 15 is 0 Å². The Kier molecular flexibility index (Phi) is 3.40. The Morgan fingerprint density at radius 2 is 2.17 bits per heavy atom. The molecule has 0 saturated heterocycles. The molecule has 0 amide bonds. The average molecular weight is 256 g/mol. The molecular weight excluding hydrogens is 251 g/mol. The average Bonchev–Trinajstić information content (AvgIpc) is 2.04. The Balaban J connectivity index is 3.02. The molecule has 0 fully saturated rings. The highest BCUT2D eigenvalue weighted by Gasteiger charge is 2.10. The second kappa shape index (κ2) is 4.14. The molecule has 0 N–H and O–H groups in total. The molecule has 12 heavy (non-hydrogen) atoms. The first-order chi connectivity index (χ1) is 5.65. The molecule has 1 nitrogen and oxygen atoms in total. The Morgan fingerprint density at radius 3 is 2.58 bits per heavy atom. The van der Waals surface area contributed by atoms with Gasteiger partial charge in [-0.05, 0) is 6.07 Å². The fourth-order valence-electron chi connectivity index (χ4n) is 0.698. The van der Waals surface area contributed by atoms with Crippen LogP contribution in [-0.4, -0.2) is 4.98 Å². The van der Waals surface area contributed by atoms with Crippen LogP contribution >= 0.6 is 27.5 Å². The summed E-state index contributed by atoms with van der Waals surface area (Å²) in [6.45, 7) is 0. The number of pyridine rings is 1. The highest BCUT2D eigenvalue weighted by molar-refractivity contribution is 9.08. The quantitative estimate of drug-likeness (QED) is 0.582. The summed E-state index contributed by atoms with van der Waals surface area (Å²) in [5.74, 6) is 0. The Morgan fingerprint density at radius 1 is 1.50 bits per heavy atom. The van der Waals surface area contributed by atoms with E-state index < -0.39 is 6.43 Å². The van der Waals surface area contributed by atoms with E-state index in [-0.39, 0.29) is 10.8 Å². The molecule has 0 aromatic carbocycles. The maximum atomic E-state index is 12.0. The van der Waals surface area contributed by atoms with E-state index in [0.29, 0.717) is 10.9 Å². The predicted octanol–water partition coefficient (Wildman–Crippen LogP) is 3.57. The zero-order chi connectivity index (χ0) is 9.14. The summed E-state index contributed by atoms with van der Waals surface area (Å²) in [5, 5.41) is 0.646. The van der Waals surface area contributed by atoms with E-state index in [0.717, 1.165) is 0 Å². The number of nitrogens with zero attached hydrogens (tertiary/aromatic N) is 1. The van der Waals surface area contributed by atoms with Gasteiger partial charge in [-0.3, -0.25) is 0 Å². The second-order valence-corrected chi connectivity index (χ2v) is 3.04. The first-order valence-electron chi connectivity index (χ1n) is 3.14. The van der Waals surface area contributed by atoms with Crippen LogP contribution in [0, 0.1) is 0 Å². The minimum Gasteiger partial charge on any atom is -0.235 e. The van der Waals surface area contributed by atoms with Gasteiger partial charge < -0.3 is 0 Å². The largest absolute Gasteiger partial charge is 0.280 e. The molecule has 0 atom stereocenters. The molecule has 0 spiro atoms. The highest BCUT2D eigenvalue weighted by Crippen LogP contribution is 2.22. The lowest BCUT2D eigenvalue weighted by atomic mass is 10.3. The third-order valence-corrected chi connectivity index (χ3v) is 2.25. The number of aromatic nitrogens is 1. The molecule has 1 rings (SSSR count). The van der Waals surface area contributed by atoms with Gasteiger partial charge in [0.15, 0.2) is 0 Å².